The van der Waals surface area contributed by atoms with Gasteiger partial charge in [-0.25, -0.2) is 4.74 Å². The second kappa shape index (κ2) is 8.21. The summed E-state index contributed by atoms with van der Waals surface area (Å²) in [5, 5.41) is 4.14. The van der Waals surface area contributed by atoms with E-state index in [9.17, 15) is 0 Å². The van der Waals surface area contributed by atoms with Crippen molar-refractivity contribution < 1.29 is 0 Å². The molecular weight excluding hydrogens is 409 g/mol. The van der Waals surface area contributed by atoms with E-state index in [1.807, 2.05) is 0 Å². The lowest BCUT2D eigenvalue weighted by molar-refractivity contribution is 0.538. The summed E-state index contributed by atoms with van der Waals surface area (Å²) in [6.45, 7) is 12.7. The van der Waals surface area contributed by atoms with Crippen molar-refractivity contribution in [3.8, 4) is 0 Å². The minimum absolute atomic E-state index is 0.0317. The van der Waals surface area contributed by atoms with Gasteiger partial charge in [-0.2, -0.15) is 0 Å². The first-order chi connectivity index (χ1) is 15.5. The monoisotopic (exact) mass is 443 g/mol. The van der Waals surface area contributed by atoms with E-state index in [1.54, 1.807) is 0 Å². The van der Waals surface area contributed by atoms with Gasteiger partial charge in [0.2, 0.25) is 0 Å². The molecule has 4 heteroatoms. The van der Waals surface area contributed by atoms with E-state index in [4.69, 9.17) is 4.74 Å². The molecule has 1 aliphatic rings. The number of hydrogen-bond donors (Lipinski definition) is 0. The zero-order chi connectivity index (χ0) is 22.3. The molecule has 5 rings (SSSR count). The van der Waals surface area contributed by atoms with Gasteiger partial charge in [-0.1, -0.05) is 57.2 Å². The van der Waals surface area contributed by atoms with Crippen LogP contribution in [-0.2, 0) is 6.54 Å². The fourth-order valence-electron chi connectivity index (χ4n) is 5.47. The predicted molar refractivity (Wildman–Crippen MR) is 141 cm³/mol. The van der Waals surface area contributed by atoms with Crippen LogP contribution in [0.25, 0.3) is 21.8 Å². The Bertz CT molecular complexity index is 1310. The summed E-state index contributed by atoms with van der Waals surface area (Å²) in [5.74, 6) is 0. The third-order valence-corrected chi connectivity index (χ3v) is 11.5. The van der Waals surface area contributed by atoms with Gasteiger partial charge in [-0.3, -0.25) is 4.67 Å². The Morgan fingerprint density at radius 2 is 1.47 bits per heavy atom. The molecule has 0 aliphatic carbocycles. The topological polar surface area (TPSA) is 20.5 Å². The van der Waals surface area contributed by atoms with Gasteiger partial charge < -0.3 is 4.57 Å². The first kappa shape index (κ1) is 21.5. The van der Waals surface area contributed by atoms with Crippen LogP contribution in [0.5, 0.6) is 0 Å². The van der Waals surface area contributed by atoms with Crippen LogP contribution in [0.15, 0.2) is 77.5 Å². The molecule has 4 aromatic rings. The molecule has 0 N–H and O–H groups in total. The molecule has 1 fully saturated rings. The molecule has 0 radical (unpaired) electrons. The molecule has 0 spiro atoms. The van der Waals surface area contributed by atoms with Crippen LogP contribution in [-0.4, -0.2) is 27.5 Å². The quantitative estimate of drug-likeness (QED) is 0.295. The minimum atomic E-state index is -2.03. The average Bonchev–Trinajstić information content (AvgIpc) is 3.43. The molecular formula is C28H34N3P. The van der Waals surface area contributed by atoms with Gasteiger partial charge in [0.15, 0.2) is 0 Å². The van der Waals surface area contributed by atoms with Crippen molar-refractivity contribution in [3.63, 3.8) is 0 Å². The normalized spacial score (nSPS) is 17.1. The largest absolute Gasteiger partial charge is 0.341 e. The zero-order valence-electron chi connectivity index (χ0n) is 19.8. The summed E-state index contributed by atoms with van der Waals surface area (Å²) in [6, 6.07) is 26.7. The minimum Gasteiger partial charge on any atom is -0.341 e. The molecule has 0 unspecified atom stereocenters. The Morgan fingerprint density at radius 3 is 2.16 bits per heavy atom. The number of benzene rings is 3. The smallest absolute Gasteiger partial charge is 0.0720 e. The van der Waals surface area contributed by atoms with Crippen LogP contribution in [0.3, 0.4) is 0 Å². The van der Waals surface area contributed by atoms with E-state index in [0.717, 1.165) is 25.3 Å². The molecule has 0 amide bonds. The predicted octanol–water partition coefficient (Wildman–Crippen LogP) is 7.78. The van der Waals surface area contributed by atoms with Gasteiger partial charge in [0.25, 0.3) is 0 Å². The Balaban J connectivity index is 1.86. The van der Waals surface area contributed by atoms with Crippen molar-refractivity contribution in [2.75, 3.05) is 13.1 Å². The van der Waals surface area contributed by atoms with Crippen molar-refractivity contribution in [2.24, 2.45) is 4.74 Å². The second-order valence-electron chi connectivity index (χ2n) is 9.83. The van der Waals surface area contributed by atoms with Crippen LogP contribution >= 0.6 is 7.21 Å². The fraction of sp³-hybridized carbons (Fsp3) is 0.357. The third kappa shape index (κ3) is 3.34. The van der Waals surface area contributed by atoms with E-state index < -0.39 is 7.21 Å². The van der Waals surface area contributed by atoms with Gasteiger partial charge in [-0.05, 0) is 56.2 Å². The molecule has 166 valence electrons. The van der Waals surface area contributed by atoms with Crippen LogP contribution in [0.2, 0.25) is 0 Å². The standard InChI is InChI=1S/C28H34N3P/c1-5-31-26-16-10-9-15-24(26)25-21-23(17-18-27(25)31)32(28(2,3)4,30-19-11-12-20-30)29-22-13-7-6-8-14-22/h6-10,13-18,21H,5,11-12,19-20H2,1-4H3/t32-/m1/s1. The average molecular weight is 444 g/mol. The third-order valence-electron chi connectivity index (χ3n) is 6.88. The summed E-state index contributed by atoms with van der Waals surface area (Å²) >= 11 is 0. The lowest BCUT2D eigenvalue weighted by Crippen LogP contribution is -2.35. The summed E-state index contributed by atoms with van der Waals surface area (Å²) < 4.78 is 10.8. The molecule has 32 heavy (non-hydrogen) atoms. The van der Waals surface area contributed by atoms with Crippen LogP contribution in [0.4, 0.5) is 5.69 Å². The summed E-state index contributed by atoms with van der Waals surface area (Å²) in [5.41, 5.74) is 3.74. The number of hydrogen-bond acceptors (Lipinski definition) is 1. The maximum atomic E-state index is 5.66. The maximum Gasteiger partial charge on any atom is 0.0720 e. The number of aromatic nitrogens is 1. The molecule has 1 aromatic heterocycles. The van der Waals surface area contributed by atoms with Crippen molar-refractivity contribution in [1.29, 1.82) is 0 Å². The van der Waals surface area contributed by atoms with Gasteiger partial charge in [0.1, 0.15) is 0 Å². The highest BCUT2D eigenvalue weighted by molar-refractivity contribution is 7.73. The van der Waals surface area contributed by atoms with Gasteiger partial charge in [0.05, 0.1) is 12.9 Å². The Hall–Kier alpha value is -2.35. The van der Waals surface area contributed by atoms with Gasteiger partial charge >= 0.3 is 0 Å². The molecule has 1 saturated heterocycles. The number of nitrogens with zero attached hydrogens (tertiary/aromatic N) is 3. The summed E-state index contributed by atoms with van der Waals surface area (Å²) in [7, 11) is -2.03. The SMILES string of the molecule is CCn1c2ccccc2c2cc([P@@](=Nc3ccccc3)(N3CCCC3)C(C)(C)C)ccc21. The number of rotatable bonds is 4. The van der Waals surface area contributed by atoms with Crippen LogP contribution in [0, 0.1) is 0 Å². The highest BCUT2D eigenvalue weighted by Gasteiger charge is 2.42. The number of fused-ring (bicyclic) bond motifs is 3. The Kier molecular flexibility index (Phi) is 5.51. The van der Waals surface area contributed by atoms with Crippen LogP contribution < -0.4 is 5.30 Å². The van der Waals surface area contributed by atoms with Crippen molar-refractivity contribution in [3.05, 3.63) is 72.8 Å². The molecule has 3 aromatic carbocycles. The molecule has 3 nitrogen and oxygen atoms in total. The highest BCUT2D eigenvalue weighted by atomic mass is 31.2. The fourth-order valence-corrected chi connectivity index (χ4v) is 9.89. The molecule has 0 saturated carbocycles. The van der Waals surface area contributed by atoms with Crippen molar-refractivity contribution >= 4 is 40.0 Å². The van der Waals surface area contributed by atoms with Gasteiger partial charge in [0, 0.05) is 51.9 Å². The van der Waals surface area contributed by atoms with E-state index >= 15 is 0 Å². The maximum absolute atomic E-state index is 5.66. The first-order valence-electron chi connectivity index (χ1n) is 11.9. The van der Waals surface area contributed by atoms with E-state index in [2.05, 4.69) is 110 Å². The summed E-state index contributed by atoms with van der Waals surface area (Å²) in [6.07, 6.45) is 2.53. The second-order valence-corrected chi connectivity index (χ2v) is 13.7. The first-order valence-corrected chi connectivity index (χ1v) is 13.6. The summed E-state index contributed by atoms with van der Waals surface area (Å²) in [4.78, 5) is 0. The number of aryl methyl sites for hydroxylation is 1. The van der Waals surface area contributed by atoms with E-state index in [-0.39, 0.29) is 5.16 Å². The van der Waals surface area contributed by atoms with E-state index in [1.165, 1.54) is 40.0 Å². The molecule has 2 heterocycles. The zero-order valence-corrected chi connectivity index (χ0v) is 20.6. The Labute approximate surface area is 192 Å². The molecule has 1 atom stereocenters. The number of para-hydroxylation sites is 1. The molecule has 0 bridgehead atoms. The highest BCUT2D eigenvalue weighted by Crippen LogP contribution is 2.65. The van der Waals surface area contributed by atoms with E-state index in [0.29, 0.717) is 0 Å². The Morgan fingerprint density at radius 1 is 0.812 bits per heavy atom. The molecule has 1 aliphatic heterocycles. The van der Waals surface area contributed by atoms with Crippen LogP contribution in [0.1, 0.15) is 40.5 Å². The van der Waals surface area contributed by atoms with Crippen molar-refractivity contribution in [2.45, 2.75) is 52.2 Å². The lowest BCUT2D eigenvalue weighted by Gasteiger charge is -2.44. The lowest BCUT2D eigenvalue weighted by atomic mass is 10.1. The van der Waals surface area contributed by atoms with Gasteiger partial charge in [-0.15, -0.1) is 0 Å². The van der Waals surface area contributed by atoms with Crippen molar-refractivity contribution in [1.82, 2.24) is 9.24 Å².